The number of hydrogen-bond donors (Lipinski definition) is 1. The zero-order valence-electron chi connectivity index (χ0n) is 23.3. The number of aliphatic imine (C=N–C) groups is 1. The Balaban J connectivity index is 1.07. The van der Waals surface area contributed by atoms with Crippen molar-refractivity contribution in [3.63, 3.8) is 0 Å². The van der Waals surface area contributed by atoms with Crippen LogP contribution in [0, 0.1) is 5.92 Å². The van der Waals surface area contributed by atoms with Crippen LogP contribution in [-0.2, 0) is 6.61 Å². The van der Waals surface area contributed by atoms with E-state index in [1.54, 1.807) is 7.11 Å². The van der Waals surface area contributed by atoms with Crippen LogP contribution in [0.1, 0.15) is 40.6 Å². The number of anilines is 1. The number of methoxy groups -OCH3 is 1. The third-order valence-electron chi connectivity index (χ3n) is 8.39. The van der Waals surface area contributed by atoms with Gasteiger partial charge in [-0.25, -0.2) is 0 Å². The number of hydrogen-bond acceptors (Lipinski definition) is 4. The molecule has 208 valence electrons. The molecule has 0 amide bonds. The summed E-state index contributed by atoms with van der Waals surface area (Å²) in [4.78, 5) is 4.76. The van der Waals surface area contributed by atoms with Crippen molar-refractivity contribution in [3.05, 3.63) is 142 Å². The van der Waals surface area contributed by atoms with E-state index in [2.05, 4.69) is 124 Å². The van der Waals surface area contributed by atoms with E-state index in [0.29, 0.717) is 29.9 Å². The predicted molar refractivity (Wildman–Crippen MR) is 175 cm³/mol. The highest BCUT2D eigenvalue weighted by atomic mass is 79.9. The number of ether oxygens (including phenoxy) is 2. The Morgan fingerprint density at radius 1 is 0.929 bits per heavy atom. The van der Waals surface area contributed by atoms with Gasteiger partial charge in [0, 0.05) is 17.8 Å². The molecule has 0 unspecified atom stereocenters. The molecular formula is C37H31BrN2O2. The summed E-state index contributed by atoms with van der Waals surface area (Å²) in [6.45, 7) is 0.440. The van der Waals surface area contributed by atoms with Gasteiger partial charge in [0.25, 0.3) is 0 Å². The van der Waals surface area contributed by atoms with Gasteiger partial charge in [-0.1, -0.05) is 84.9 Å². The first-order valence-electron chi connectivity index (χ1n) is 14.3. The quantitative estimate of drug-likeness (QED) is 0.146. The number of allylic oxidation sites excluding steroid dienone is 2. The Morgan fingerprint density at radius 2 is 1.74 bits per heavy atom. The second-order valence-corrected chi connectivity index (χ2v) is 11.7. The second-order valence-electron chi connectivity index (χ2n) is 10.9. The molecule has 0 spiro atoms. The Labute approximate surface area is 254 Å². The van der Waals surface area contributed by atoms with Gasteiger partial charge in [0.1, 0.15) is 6.61 Å². The summed E-state index contributed by atoms with van der Waals surface area (Å²) in [6, 6.07) is 36.2. The van der Waals surface area contributed by atoms with E-state index in [1.807, 2.05) is 18.3 Å². The number of fused-ring (bicyclic) bond motifs is 4. The Kier molecular flexibility index (Phi) is 7.27. The molecular weight excluding hydrogens is 584 g/mol. The van der Waals surface area contributed by atoms with Gasteiger partial charge in [-0.15, -0.1) is 0 Å². The van der Waals surface area contributed by atoms with Crippen molar-refractivity contribution in [3.8, 4) is 11.5 Å². The van der Waals surface area contributed by atoms with Crippen LogP contribution >= 0.6 is 15.9 Å². The molecule has 0 bridgehead atoms. The maximum Gasteiger partial charge on any atom is 0.175 e. The minimum absolute atomic E-state index is 0.277. The largest absolute Gasteiger partial charge is 0.493 e. The van der Waals surface area contributed by atoms with Crippen LogP contribution < -0.4 is 14.8 Å². The fraction of sp³-hybridized carbons (Fsp3) is 0.162. The molecule has 1 aliphatic heterocycles. The number of rotatable bonds is 7. The fourth-order valence-corrected chi connectivity index (χ4v) is 6.89. The van der Waals surface area contributed by atoms with E-state index in [1.165, 1.54) is 27.6 Å². The molecule has 3 atom stereocenters. The van der Waals surface area contributed by atoms with Gasteiger partial charge >= 0.3 is 0 Å². The van der Waals surface area contributed by atoms with Crippen molar-refractivity contribution < 1.29 is 9.47 Å². The first-order chi connectivity index (χ1) is 20.7. The summed E-state index contributed by atoms with van der Waals surface area (Å²) in [5.41, 5.74) is 6.89. The standard InChI is InChI=1S/C37H31BrN2O2/c1-41-35-21-24(20-33(38)37(35)42-23-27-10-6-9-25-8-2-3-11-29(25)27)22-39-28-18-16-26(17-19-28)36-32-14-7-13-30(32)31-12-4-5-15-34(31)40-36/h2-13,15-22,30,32,36,40H,14,23H2,1H3/t30-,32+,36-/m0/s1. The third kappa shape index (κ3) is 5.10. The van der Waals surface area contributed by atoms with Crippen molar-refractivity contribution in [2.75, 3.05) is 12.4 Å². The van der Waals surface area contributed by atoms with E-state index in [0.717, 1.165) is 27.7 Å². The molecule has 0 saturated heterocycles. The maximum atomic E-state index is 6.27. The number of halogens is 1. The van der Waals surface area contributed by atoms with Crippen LogP contribution in [-0.4, -0.2) is 13.3 Å². The van der Waals surface area contributed by atoms with Crippen LogP contribution in [0.3, 0.4) is 0 Å². The molecule has 5 aromatic carbocycles. The van der Waals surface area contributed by atoms with E-state index >= 15 is 0 Å². The van der Waals surface area contributed by atoms with Gasteiger partial charge in [0.2, 0.25) is 0 Å². The normalized spacial score (nSPS) is 19.0. The van der Waals surface area contributed by atoms with Gasteiger partial charge in [0.15, 0.2) is 11.5 Å². The molecule has 0 radical (unpaired) electrons. The van der Waals surface area contributed by atoms with Crippen LogP contribution in [0.2, 0.25) is 0 Å². The minimum atomic E-state index is 0.277. The lowest BCUT2D eigenvalue weighted by Gasteiger charge is -2.37. The highest BCUT2D eigenvalue weighted by molar-refractivity contribution is 9.10. The molecule has 5 heteroatoms. The molecule has 0 saturated carbocycles. The minimum Gasteiger partial charge on any atom is -0.493 e. The molecule has 4 nitrogen and oxygen atoms in total. The molecule has 42 heavy (non-hydrogen) atoms. The highest BCUT2D eigenvalue weighted by Crippen LogP contribution is 2.49. The highest BCUT2D eigenvalue weighted by Gasteiger charge is 2.37. The first kappa shape index (κ1) is 26.5. The summed E-state index contributed by atoms with van der Waals surface area (Å²) < 4.78 is 12.8. The topological polar surface area (TPSA) is 42.8 Å². The van der Waals surface area contributed by atoms with E-state index in [9.17, 15) is 0 Å². The van der Waals surface area contributed by atoms with Crippen molar-refractivity contribution in [2.45, 2.75) is 25.0 Å². The zero-order chi connectivity index (χ0) is 28.5. The van der Waals surface area contributed by atoms with Crippen LogP contribution in [0.4, 0.5) is 11.4 Å². The smallest absolute Gasteiger partial charge is 0.175 e. The molecule has 0 fully saturated rings. The van der Waals surface area contributed by atoms with Gasteiger partial charge in [-0.2, -0.15) is 0 Å². The first-order valence-corrected chi connectivity index (χ1v) is 15.1. The van der Waals surface area contributed by atoms with E-state index in [-0.39, 0.29) is 6.04 Å². The van der Waals surface area contributed by atoms with Crippen molar-refractivity contribution in [1.82, 2.24) is 0 Å². The number of nitrogens with one attached hydrogen (secondary N) is 1. The SMILES string of the molecule is COc1cc(C=Nc2ccc([C@@H]3Nc4ccccc4[C@@H]4C=CC[C@H]43)cc2)cc(Br)c1OCc1cccc2ccccc12. The average Bonchev–Trinajstić information content (AvgIpc) is 3.53. The molecule has 1 heterocycles. The monoisotopic (exact) mass is 614 g/mol. The van der Waals surface area contributed by atoms with Crippen LogP contribution in [0.5, 0.6) is 11.5 Å². The Bertz CT molecular complexity index is 1810. The summed E-state index contributed by atoms with van der Waals surface area (Å²) in [6.07, 6.45) is 7.66. The van der Waals surface area contributed by atoms with Gasteiger partial charge < -0.3 is 14.8 Å². The summed E-state index contributed by atoms with van der Waals surface area (Å²) in [5.74, 6) is 2.33. The zero-order valence-corrected chi connectivity index (χ0v) is 24.9. The van der Waals surface area contributed by atoms with Gasteiger partial charge in [0.05, 0.1) is 23.3 Å². The molecule has 7 rings (SSSR count). The maximum absolute atomic E-state index is 6.27. The second kappa shape index (κ2) is 11.5. The van der Waals surface area contributed by atoms with Gasteiger partial charge in [-0.3, -0.25) is 4.99 Å². The fourth-order valence-electron chi connectivity index (χ4n) is 6.31. The molecule has 1 aliphatic carbocycles. The number of benzene rings is 5. The van der Waals surface area contributed by atoms with Crippen LogP contribution in [0.25, 0.3) is 10.8 Å². The molecule has 0 aromatic heterocycles. The predicted octanol–water partition coefficient (Wildman–Crippen LogP) is 9.77. The van der Waals surface area contributed by atoms with Crippen molar-refractivity contribution in [1.29, 1.82) is 0 Å². The summed E-state index contributed by atoms with van der Waals surface area (Å²) >= 11 is 3.70. The number of para-hydroxylation sites is 1. The lowest BCUT2D eigenvalue weighted by atomic mass is 9.77. The lowest BCUT2D eigenvalue weighted by molar-refractivity contribution is 0.283. The van der Waals surface area contributed by atoms with E-state index in [4.69, 9.17) is 14.5 Å². The molecule has 5 aromatic rings. The Morgan fingerprint density at radius 3 is 2.62 bits per heavy atom. The Hall–Kier alpha value is -4.35. The average molecular weight is 616 g/mol. The molecule has 1 N–H and O–H groups in total. The third-order valence-corrected chi connectivity index (χ3v) is 8.98. The summed E-state index contributed by atoms with van der Waals surface area (Å²) in [7, 11) is 1.66. The molecule has 2 aliphatic rings. The van der Waals surface area contributed by atoms with E-state index < -0.39 is 0 Å². The number of nitrogens with zero attached hydrogens (tertiary/aromatic N) is 1. The van der Waals surface area contributed by atoms with Gasteiger partial charge in [-0.05, 0) is 91.6 Å². The van der Waals surface area contributed by atoms with Crippen LogP contribution in [0.15, 0.2) is 125 Å². The lowest BCUT2D eigenvalue weighted by Crippen LogP contribution is -2.28. The summed E-state index contributed by atoms with van der Waals surface area (Å²) in [5, 5.41) is 6.19. The van der Waals surface area contributed by atoms with Crippen molar-refractivity contribution in [2.24, 2.45) is 10.9 Å². The van der Waals surface area contributed by atoms with Crippen molar-refractivity contribution >= 4 is 44.3 Å².